The molecule has 5 nitrogen and oxygen atoms in total. The van der Waals surface area contributed by atoms with Gasteiger partial charge in [-0.2, -0.15) is 0 Å². The Morgan fingerprint density at radius 3 is 2.50 bits per heavy atom. The van der Waals surface area contributed by atoms with Crippen molar-refractivity contribution in [2.24, 2.45) is 5.73 Å². The zero-order valence-electron chi connectivity index (χ0n) is 9.54. The largest absolute Gasteiger partial charge is 0.480 e. The predicted octanol–water partition coefficient (Wildman–Crippen LogP) is 1.08. The van der Waals surface area contributed by atoms with Crippen LogP contribution < -0.4 is 5.73 Å². The second kappa shape index (κ2) is 5.07. The minimum absolute atomic E-state index is 0.273. The molecule has 0 radical (unpaired) electrons. The lowest BCUT2D eigenvalue weighted by molar-refractivity contribution is -0.141. The minimum atomic E-state index is -1.01. The smallest absolute Gasteiger partial charge is 0.326 e. The summed E-state index contributed by atoms with van der Waals surface area (Å²) in [6, 6.07) is 5.73. The highest BCUT2D eigenvalue weighted by Gasteiger charge is 2.38. The van der Waals surface area contributed by atoms with Gasteiger partial charge in [0.15, 0.2) is 0 Å². The lowest BCUT2D eigenvalue weighted by atomic mass is 10.1. The van der Waals surface area contributed by atoms with Crippen molar-refractivity contribution in [2.45, 2.75) is 18.5 Å². The summed E-state index contributed by atoms with van der Waals surface area (Å²) in [5, 5.41) is 9.08. The molecule has 96 valence electrons. The molecule has 0 aromatic heterocycles. The highest BCUT2D eigenvalue weighted by Crippen LogP contribution is 2.20. The van der Waals surface area contributed by atoms with E-state index in [2.05, 4.69) is 15.9 Å². The third kappa shape index (κ3) is 2.54. The zero-order valence-corrected chi connectivity index (χ0v) is 11.1. The Labute approximate surface area is 113 Å². The number of nitrogens with zero attached hydrogens (tertiary/aromatic N) is 1. The van der Waals surface area contributed by atoms with Gasteiger partial charge in [-0.15, -0.1) is 0 Å². The second-order valence-electron chi connectivity index (χ2n) is 4.31. The summed E-state index contributed by atoms with van der Waals surface area (Å²) < 4.78 is 0.868. The SMILES string of the molecule is NC1CC(C(=O)O)N(C(=O)c2ccc(Br)cc2)C1. The Kier molecular flexibility index (Phi) is 3.68. The molecule has 18 heavy (non-hydrogen) atoms. The van der Waals surface area contributed by atoms with E-state index < -0.39 is 12.0 Å². The average molecular weight is 313 g/mol. The molecular weight excluding hydrogens is 300 g/mol. The van der Waals surface area contributed by atoms with Crippen molar-refractivity contribution >= 4 is 27.8 Å². The maximum absolute atomic E-state index is 12.2. The van der Waals surface area contributed by atoms with Crippen LogP contribution >= 0.6 is 15.9 Å². The highest BCUT2D eigenvalue weighted by molar-refractivity contribution is 9.10. The van der Waals surface area contributed by atoms with E-state index in [9.17, 15) is 9.59 Å². The van der Waals surface area contributed by atoms with Crippen molar-refractivity contribution in [1.82, 2.24) is 4.90 Å². The lowest BCUT2D eigenvalue weighted by Gasteiger charge is -2.21. The number of rotatable bonds is 2. The molecular formula is C12H13BrN2O3. The quantitative estimate of drug-likeness (QED) is 0.856. The summed E-state index contributed by atoms with van der Waals surface area (Å²) >= 11 is 3.28. The van der Waals surface area contributed by atoms with Crippen molar-refractivity contribution in [2.75, 3.05) is 6.54 Å². The molecule has 1 aromatic rings. The normalized spacial score (nSPS) is 23.1. The van der Waals surface area contributed by atoms with Crippen LogP contribution in [0.1, 0.15) is 16.8 Å². The topological polar surface area (TPSA) is 83.6 Å². The standard InChI is InChI=1S/C12H13BrN2O3/c13-8-3-1-7(2-4-8)11(16)15-6-9(14)5-10(15)12(17)18/h1-4,9-10H,5-6,14H2,(H,17,18). The molecule has 1 saturated heterocycles. The molecule has 1 amide bonds. The maximum atomic E-state index is 12.2. The van der Waals surface area contributed by atoms with E-state index in [1.54, 1.807) is 24.3 Å². The number of hydrogen-bond acceptors (Lipinski definition) is 3. The van der Waals surface area contributed by atoms with E-state index in [1.165, 1.54) is 4.90 Å². The fourth-order valence-electron chi connectivity index (χ4n) is 2.09. The predicted molar refractivity (Wildman–Crippen MR) is 69.2 cm³/mol. The Morgan fingerprint density at radius 2 is 1.94 bits per heavy atom. The van der Waals surface area contributed by atoms with Crippen LogP contribution in [0, 0.1) is 0 Å². The molecule has 0 saturated carbocycles. The first kappa shape index (κ1) is 13.0. The molecule has 0 spiro atoms. The number of benzene rings is 1. The molecule has 1 aliphatic rings. The van der Waals surface area contributed by atoms with E-state index in [-0.39, 0.29) is 18.5 Å². The number of likely N-dealkylation sites (tertiary alicyclic amines) is 1. The van der Waals surface area contributed by atoms with Gasteiger partial charge in [0.2, 0.25) is 0 Å². The minimum Gasteiger partial charge on any atom is -0.480 e. The molecule has 1 heterocycles. The van der Waals surface area contributed by atoms with Crippen LogP contribution in [0.3, 0.4) is 0 Å². The number of nitrogens with two attached hydrogens (primary N) is 1. The van der Waals surface area contributed by atoms with Gasteiger partial charge in [0, 0.05) is 22.6 Å². The van der Waals surface area contributed by atoms with Crippen molar-refractivity contribution < 1.29 is 14.7 Å². The fourth-order valence-corrected chi connectivity index (χ4v) is 2.35. The zero-order chi connectivity index (χ0) is 13.3. The van der Waals surface area contributed by atoms with Gasteiger partial charge in [-0.1, -0.05) is 15.9 Å². The molecule has 2 atom stereocenters. The summed E-state index contributed by atoms with van der Waals surface area (Å²) in [5.41, 5.74) is 6.20. The van der Waals surface area contributed by atoms with Crippen LogP contribution in [-0.4, -0.2) is 40.5 Å². The highest BCUT2D eigenvalue weighted by atomic mass is 79.9. The number of amides is 1. The van der Waals surface area contributed by atoms with Gasteiger partial charge in [-0.25, -0.2) is 4.79 Å². The van der Waals surface area contributed by atoms with Crippen molar-refractivity contribution in [1.29, 1.82) is 0 Å². The van der Waals surface area contributed by atoms with E-state index in [0.29, 0.717) is 12.0 Å². The molecule has 0 bridgehead atoms. The van der Waals surface area contributed by atoms with Gasteiger partial charge >= 0.3 is 5.97 Å². The molecule has 2 unspecified atom stereocenters. The molecule has 0 aliphatic carbocycles. The number of carbonyl (C=O) groups excluding carboxylic acids is 1. The summed E-state index contributed by atoms with van der Waals surface area (Å²) in [7, 11) is 0. The molecule has 6 heteroatoms. The van der Waals surface area contributed by atoms with E-state index in [4.69, 9.17) is 10.8 Å². The third-order valence-corrected chi connectivity index (χ3v) is 3.50. The molecule has 1 fully saturated rings. The number of hydrogen-bond donors (Lipinski definition) is 2. The summed E-state index contributed by atoms with van der Waals surface area (Å²) in [6.07, 6.45) is 0.303. The van der Waals surface area contributed by atoms with Gasteiger partial charge in [0.1, 0.15) is 6.04 Å². The Bertz CT molecular complexity index is 475. The monoisotopic (exact) mass is 312 g/mol. The first-order valence-corrected chi connectivity index (χ1v) is 6.33. The molecule has 3 N–H and O–H groups in total. The maximum Gasteiger partial charge on any atom is 0.326 e. The Hall–Kier alpha value is -1.40. The van der Waals surface area contributed by atoms with Gasteiger partial charge in [0.05, 0.1) is 0 Å². The first-order valence-electron chi connectivity index (χ1n) is 5.54. The van der Waals surface area contributed by atoms with Crippen molar-refractivity contribution in [3.8, 4) is 0 Å². The van der Waals surface area contributed by atoms with Crippen LogP contribution in [0.15, 0.2) is 28.7 Å². The Balaban J connectivity index is 2.22. The van der Waals surface area contributed by atoms with E-state index in [1.807, 2.05) is 0 Å². The number of halogens is 1. The number of carbonyl (C=O) groups is 2. The second-order valence-corrected chi connectivity index (χ2v) is 5.23. The van der Waals surface area contributed by atoms with Gasteiger partial charge < -0.3 is 15.7 Å². The fraction of sp³-hybridized carbons (Fsp3) is 0.333. The van der Waals surface area contributed by atoms with Crippen LogP contribution in [0.4, 0.5) is 0 Å². The van der Waals surface area contributed by atoms with Gasteiger partial charge in [0.25, 0.3) is 5.91 Å². The molecule has 1 aromatic carbocycles. The first-order chi connectivity index (χ1) is 8.49. The van der Waals surface area contributed by atoms with Crippen LogP contribution in [0.25, 0.3) is 0 Å². The summed E-state index contributed by atoms with van der Waals surface area (Å²) in [5.74, 6) is -1.30. The lowest BCUT2D eigenvalue weighted by Crippen LogP contribution is -2.40. The summed E-state index contributed by atoms with van der Waals surface area (Å²) in [4.78, 5) is 24.6. The van der Waals surface area contributed by atoms with E-state index in [0.717, 1.165) is 4.47 Å². The average Bonchev–Trinajstić information content (AvgIpc) is 2.71. The molecule has 1 aliphatic heterocycles. The van der Waals surface area contributed by atoms with Crippen molar-refractivity contribution in [3.63, 3.8) is 0 Å². The number of carboxylic acids is 1. The molecule has 2 rings (SSSR count). The van der Waals surface area contributed by atoms with Crippen LogP contribution in [0.2, 0.25) is 0 Å². The summed E-state index contributed by atoms with van der Waals surface area (Å²) in [6.45, 7) is 0.284. The number of carboxylic acid groups (broad SMARTS) is 1. The third-order valence-electron chi connectivity index (χ3n) is 2.97. The Morgan fingerprint density at radius 1 is 1.33 bits per heavy atom. The van der Waals surface area contributed by atoms with Crippen LogP contribution in [0.5, 0.6) is 0 Å². The number of aliphatic carboxylic acids is 1. The van der Waals surface area contributed by atoms with Crippen molar-refractivity contribution in [3.05, 3.63) is 34.3 Å². The van der Waals surface area contributed by atoms with Crippen LogP contribution in [-0.2, 0) is 4.79 Å². The van der Waals surface area contributed by atoms with Gasteiger partial charge in [-0.3, -0.25) is 4.79 Å². The van der Waals surface area contributed by atoms with E-state index >= 15 is 0 Å². The van der Waals surface area contributed by atoms with Gasteiger partial charge in [-0.05, 0) is 30.7 Å².